The molecule has 0 aliphatic carbocycles. The highest BCUT2D eigenvalue weighted by Crippen LogP contribution is 2.09. The summed E-state index contributed by atoms with van der Waals surface area (Å²) in [5.74, 6) is 0. The second kappa shape index (κ2) is 6.37. The van der Waals surface area contributed by atoms with E-state index in [0.29, 0.717) is 6.54 Å². The van der Waals surface area contributed by atoms with E-state index in [-0.39, 0.29) is 5.56 Å². The zero-order valence-electron chi connectivity index (χ0n) is 11.7. The number of hydrogen-bond donors (Lipinski definition) is 2. The number of H-pyrrole nitrogens is 1. The molecule has 0 aliphatic rings. The summed E-state index contributed by atoms with van der Waals surface area (Å²) >= 11 is 0. The summed E-state index contributed by atoms with van der Waals surface area (Å²) in [6.45, 7) is 2.32. The van der Waals surface area contributed by atoms with Gasteiger partial charge in [-0.2, -0.15) is 5.10 Å². The highest BCUT2D eigenvalue weighted by atomic mass is 16.1. The molecule has 5 heteroatoms. The van der Waals surface area contributed by atoms with Crippen molar-refractivity contribution < 1.29 is 0 Å². The molecule has 0 fully saturated rings. The molecule has 0 saturated carbocycles. The molecule has 0 aliphatic heterocycles. The number of fused-ring (bicyclic) bond motifs is 1. The molecule has 0 amide bonds. The Hall–Kier alpha value is -2.40. The minimum absolute atomic E-state index is 0.0201. The lowest BCUT2D eigenvalue weighted by molar-refractivity contribution is 0.542. The number of para-hydroxylation sites is 1. The van der Waals surface area contributed by atoms with E-state index in [0.717, 1.165) is 36.0 Å². The van der Waals surface area contributed by atoms with Crippen LogP contribution in [0.1, 0.15) is 12.0 Å². The molecular formula is C16H18N4O. The van der Waals surface area contributed by atoms with Crippen molar-refractivity contribution in [1.29, 1.82) is 0 Å². The van der Waals surface area contributed by atoms with Gasteiger partial charge < -0.3 is 10.3 Å². The molecule has 0 radical (unpaired) electrons. The Morgan fingerprint density at radius 1 is 1.24 bits per heavy atom. The van der Waals surface area contributed by atoms with E-state index < -0.39 is 0 Å². The molecule has 21 heavy (non-hydrogen) atoms. The van der Waals surface area contributed by atoms with Crippen LogP contribution in [0, 0.1) is 0 Å². The van der Waals surface area contributed by atoms with E-state index in [2.05, 4.69) is 15.4 Å². The van der Waals surface area contributed by atoms with Gasteiger partial charge in [0.25, 0.3) is 5.56 Å². The van der Waals surface area contributed by atoms with Gasteiger partial charge in [0.15, 0.2) is 0 Å². The summed E-state index contributed by atoms with van der Waals surface area (Å²) < 4.78 is 1.91. The van der Waals surface area contributed by atoms with Gasteiger partial charge in [-0.1, -0.05) is 18.2 Å². The minimum atomic E-state index is -0.0201. The van der Waals surface area contributed by atoms with Crippen LogP contribution >= 0.6 is 0 Å². The normalized spacial score (nSPS) is 11.0. The topological polar surface area (TPSA) is 62.7 Å². The van der Waals surface area contributed by atoms with Crippen LogP contribution in [-0.4, -0.2) is 21.3 Å². The van der Waals surface area contributed by atoms with Gasteiger partial charge in [0.1, 0.15) is 0 Å². The minimum Gasteiger partial charge on any atom is -0.322 e. The number of benzene rings is 1. The van der Waals surface area contributed by atoms with Gasteiger partial charge in [-0.15, -0.1) is 0 Å². The molecule has 0 atom stereocenters. The summed E-state index contributed by atoms with van der Waals surface area (Å²) in [5.41, 5.74) is 1.63. The third kappa shape index (κ3) is 3.38. The third-order valence-corrected chi connectivity index (χ3v) is 3.45. The first kappa shape index (κ1) is 13.6. The second-order valence-corrected chi connectivity index (χ2v) is 5.01. The molecule has 2 aromatic heterocycles. The predicted octanol–water partition coefficient (Wildman–Crippen LogP) is 1.90. The lowest BCUT2D eigenvalue weighted by Gasteiger charge is -2.06. The van der Waals surface area contributed by atoms with Crippen molar-refractivity contribution in [2.75, 3.05) is 6.54 Å². The van der Waals surface area contributed by atoms with Crippen molar-refractivity contribution in [3.63, 3.8) is 0 Å². The first-order chi connectivity index (χ1) is 10.3. The predicted molar refractivity (Wildman–Crippen MR) is 83.1 cm³/mol. The van der Waals surface area contributed by atoms with Gasteiger partial charge in [-0.3, -0.25) is 9.48 Å². The van der Waals surface area contributed by atoms with Gasteiger partial charge in [0.2, 0.25) is 0 Å². The monoisotopic (exact) mass is 282 g/mol. The number of nitrogens with zero attached hydrogens (tertiary/aromatic N) is 2. The summed E-state index contributed by atoms with van der Waals surface area (Å²) in [4.78, 5) is 14.9. The molecular weight excluding hydrogens is 264 g/mol. The van der Waals surface area contributed by atoms with Crippen LogP contribution in [0.3, 0.4) is 0 Å². The highest BCUT2D eigenvalue weighted by molar-refractivity contribution is 5.78. The molecule has 2 heterocycles. The van der Waals surface area contributed by atoms with Gasteiger partial charge in [0.05, 0.1) is 0 Å². The Kier molecular flexibility index (Phi) is 4.12. The lowest BCUT2D eigenvalue weighted by atomic mass is 10.1. The molecule has 3 rings (SSSR count). The molecule has 0 unspecified atom stereocenters. The van der Waals surface area contributed by atoms with Crippen LogP contribution in [-0.2, 0) is 13.1 Å². The standard InChI is InChI=1S/C16H18N4O/c21-16-14(11-13-5-1-2-6-15(13)19-16)12-17-7-3-9-20-10-4-8-18-20/h1-2,4-6,8,10-11,17H,3,7,9,12H2,(H,19,21). The molecule has 108 valence electrons. The SMILES string of the molecule is O=c1[nH]c2ccccc2cc1CNCCCn1cccn1. The summed E-state index contributed by atoms with van der Waals surface area (Å²) in [6.07, 6.45) is 4.71. The van der Waals surface area contributed by atoms with Crippen molar-refractivity contribution in [1.82, 2.24) is 20.1 Å². The van der Waals surface area contributed by atoms with E-state index in [1.807, 2.05) is 47.3 Å². The average Bonchev–Trinajstić information content (AvgIpc) is 3.00. The number of nitrogens with one attached hydrogen (secondary N) is 2. The summed E-state index contributed by atoms with van der Waals surface area (Å²) in [6, 6.07) is 11.7. The van der Waals surface area contributed by atoms with Gasteiger partial charge in [-0.25, -0.2) is 0 Å². The van der Waals surface area contributed by atoms with E-state index >= 15 is 0 Å². The molecule has 3 aromatic rings. The zero-order valence-corrected chi connectivity index (χ0v) is 11.7. The Balaban J connectivity index is 1.55. The van der Waals surface area contributed by atoms with Crippen LogP contribution in [0.15, 0.2) is 53.6 Å². The maximum Gasteiger partial charge on any atom is 0.252 e. The summed E-state index contributed by atoms with van der Waals surface area (Å²) in [7, 11) is 0. The Bertz CT molecular complexity index is 761. The van der Waals surface area contributed by atoms with Crippen LogP contribution in [0.2, 0.25) is 0 Å². The van der Waals surface area contributed by atoms with Crippen molar-refractivity contribution >= 4 is 10.9 Å². The average molecular weight is 282 g/mol. The lowest BCUT2D eigenvalue weighted by Crippen LogP contribution is -2.22. The number of pyridine rings is 1. The van der Waals surface area contributed by atoms with Crippen LogP contribution in [0.5, 0.6) is 0 Å². The molecule has 0 spiro atoms. The smallest absolute Gasteiger partial charge is 0.252 e. The third-order valence-electron chi connectivity index (χ3n) is 3.45. The number of aryl methyl sites for hydroxylation is 1. The van der Waals surface area contributed by atoms with E-state index in [1.54, 1.807) is 6.20 Å². The fourth-order valence-corrected chi connectivity index (χ4v) is 2.35. The van der Waals surface area contributed by atoms with Crippen molar-refractivity contribution in [3.05, 3.63) is 64.7 Å². The largest absolute Gasteiger partial charge is 0.322 e. The van der Waals surface area contributed by atoms with Crippen molar-refractivity contribution in [3.8, 4) is 0 Å². The number of rotatable bonds is 6. The first-order valence-corrected chi connectivity index (χ1v) is 7.12. The Morgan fingerprint density at radius 3 is 3.00 bits per heavy atom. The number of hydrogen-bond acceptors (Lipinski definition) is 3. The van der Waals surface area contributed by atoms with Crippen molar-refractivity contribution in [2.24, 2.45) is 0 Å². The van der Waals surface area contributed by atoms with Crippen molar-refractivity contribution in [2.45, 2.75) is 19.5 Å². The molecule has 1 aromatic carbocycles. The maximum atomic E-state index is 12.0. The van der Waals surface area contributed by atoms with Gasteiger partial charge >= 0.3 is 0 Å². The second-order valence-electron chi connectivity index (χ2n) is 5.01. The summed E-state index contributed by atoms with van der Waals surface area (Å²) in [5, 5.41) is 8.52. The van der Waals surface area contributed by atoms with Gasteiger partial charge in [-0.05, 0) is 36.6 Å². The fraction of sp³-hybridized carbons (Fsp3) is 0.250. The highest BCUT2D eigenvalue weighted by Gasteiger charge is 2.02. The molecule has 0 saturated heterocycles. The molecule has 2 N–H and O–H groups in total. The number of aromatic nitrogens is 3. The van der Waals surface area contributed by atoms with Crippen LogP contribution < -0.4 is 10.9 Å². The fourth-order valence-electron chi connectivity index (χ4n) is 2.35. The Labute approximate surface area is 122 Å². The molecule has 0 bridgehead atoms. The van der Waals surface area contributed by atoms with E-state index in [9.17, 15) is 4.79 Å². The van der Waals surface area contributed by atoms with E-state index in [1.165, 1.54) is 0 Å². The van der Waals surface area contributed by atoms with Gasteiger partial charge in [0, 0.05) is 36.6 Å². The van der Waals surface area contributed by atoms with Crippen LogP contribution in [0.25, 0.3) is 10.9 Å². The first-order valence-electron chi connectivity index (χ1n) is 7.12. The zero-order chi connectivity index (χ0) is 14.5. The van der Waals surface area contributed by atoms with Crippen LogP contribution in [0.4, 0.5) is 0 Å². The quantitative estimate of drug-likeness (QED) is 0.679. The number of aromatic amines is 1. The maximum absolute atomic E-state index is 12.0. The Morgan fingerprint density at radius 2 is 2.14 bits per heavy atom. The van der Waals surface area contributed by atoms with E-state index in [4.69, 9.17) is 0 Å². The molecule has 5 nitrogen and oxygen atoms in total.